The fourth-order valence-corrected chi connectivity index (χ4v) is 6.17. The number of rotatable bonds is 4. The van der Waals surface area contributed by atoms with E-state index >= 15 is 0 Å². The third kappa shape index (κ3) is 3.96. The van der Waals surface area contributed by atoms with Gasteiger partial charge in [0.05, 0.1) is 35.7 Å². The highest BCUT2D eigenvalue weighted by molar-refractivity contribution is 7.07. The summed E-state index contributed by atoms with van der Waals surface area (Å²) < 4.78 is 6.92. The number of esters is 1. The van der Waals surface area contributed by atoms with Crippen LogP contribution < -0.4 is 19.8 Å². The van der Waals surface area contributed by atoms with Crippen LogP contribution in [-0.4, -0.2) is 30.1 Å². The molecule has 0 N–H and O–H groups in total. The lowest BCUT2D eigenvalue weighted by atomic mass is 9.85. The maximum Gasteiger partial charge on any atom is 0.338 e. The zero-order valence-corrected chi connectivity index (χ0v) is 22.9. The van der Waals surface area contributed by atoms with Gasteiger partial charge < -0.3 is 9.64 Å². The summed E-state index contributed by atoms with van der Waals surface area (Å²) in [4.78, 5) is 47.3. The Labute approximate surface area is 224 Å². The third-order valence-corrected chi connectivity index (χ3v) is 8.01. The molecule has 7 nitrogen and oxygen atoms in total. The Kier molecular flexibility index (Phi) is 6.31. The molecule has 1 atom stereocenters. The molecule has 2 aliphatic rings. The number of carbonyl (C=O) groups is 2. The summed E-state index contributed by atoms with van der Waals surface area (Å²) in [6.45, 7) is 12.2. The van der Waals surface area contributed by atoms with Crippen LogP contribution in [-0.2, 0) is 19.7 Å². The maximum absolute atomic E-state index is 14.1. The number of amides is 1. The molecular weight excluding hydrogens is 498 g/mol. The highest BCUT2D eigenvalue weighted by atomic mass is 32.1. The van der Waals surface area contributed by atoms with Crippen molar-refractivity contribution in [3.63, 3.8) is 0 Å². The number of fused-ring (bicyclic) bond motifs is 2. The van der Waals surface area contributed by atoms with Crippen molar-refractivity contribution in [2.45, 2.75) is 39.2 Å². The van der Waals surface area contributed by atoms with Crippen molar-refractivity contribution in [3.8, 4) is 0 Å². The first kappa shape index (κ1) is 25.6. The Balaban J connectivity index is 1.80. The second-order valence-corrected chi connectivity index (χ2v) is 11.3. The minimum Gasteiger partial charge on any atom is -0.466 e. The monoisotopic (exact) mass is 527 g/mol. The molecule has 3 heterocycles. The van der Waals surface area contributed by atoms with Gasteiger partial charge in [-0.1, -0.05) is 80.6 Å². The fraction of sp³-hybridized carbons (Fsp3) is 0.267. The van der Waals surface area contributed by atoms with Gasteiger partial charge in [-0.25, -0.2) is 9.79 Å². The van der Waals surface area contributed by atoms with Crippen molar-refractivity contribution in [1.82, 2.24) is 4.57 Å². The van der Waals surface area contributed by atoms with Crippen LogP contribution in [0.2, 0.25) is 0 Å². The second-order valence-electron chi connectivity index (χ2n) is 10.4. The van der Waals surface area contributed by atoms with Crippen molar-refractivity contribution in [2.75, 3.05) is 18.6 Å². The molecule has 0 fully saturated rings. The summed E-state index contributed by atoms with van der Waals surface area (Å²) in [7, 11) is 1.32. The molecular formula is C30H29N3O4S. The largest absolute Gasteiger partial charge is 0.466 e. The van der Waals surface area contributed by atoms with Crippen LogP contribution in [0, 0.1) is 0 Å². The average Bonchev–Trinajstić information content (AvgIpc) is 3.35. The van der Waals surface area contributed by atoms with E-state index in [9.17, 15) is 14.4 Å². The van der Waals surface area contributed by atoms with Gasteiger partial charge in [-0.05, 0) is 29.5 Å². The highest BCUT2D eigenvalue weighted by Crippen LogP contribution is 2.36. The van der Waals surface area contributed by atoms with E-state index in [1.54, 1.807) is 17.9 Å². The number of aromatic nitrogens is 1. The smallest absolute Gasteiger partial charge is 0.338 e. The van der Waals surface area contributed by atoms with Crippen LogP contribution in [0.3, 0.4) is 0 Å². The van der Waals surface area contributed by atoms with Crippen molar-refractivity contribution in [2.24, 2.45) is 4.99 Å². The number of anilines is 1. The first-order valence-electron chi connectivity index (χ1n) is 12.3. The third-order valence-electron chi connectivity index (χ3n) is 6.96. The van der Waals surface area contributed by atoms with Crippen molar-refractivity contribution in [3.05, 3.63) is 109 Å². The molecule has 0 bridgehead atoms. The Morgan fingerprint density at radius 1 is 1.13 bits per heavy atom. The van der Waals surface area contributed by atoms with E-state index in [0.29, 0.717) is 38.3 Å². The lowest BCUT2D eigenvalue weighted by Crippen LogP contribution is -2.40. The molecule has 0 spiro atoms. The van der Waals surface area contributed by atoms with Crippen LogP contribution in [0.5, 0.6) is 0 Å². The molecule has 38 heavy (non-hydrogen) atoms. The summed E-state index contributed by atoms with van der Waals surface area (Å²) in [6.07, 6.45) is 1.66. The molecule has 5 rings (SSSR count). The number of ether oxygens (including phenoxy) is 1. The molecule has 2 aliphatic heterocycles. The molecule has 1 unspecified atom stereocenters. The SMILES string of the molecule is C=CCN1C(=O)/C(=c2\sc3n(c2=O)C(c2ccc(C(C)(C)C)cc2)C(C(=O)OC)=C(C)N=3)c2ccccc21. The van der Waals surface area contributed by atoms with Crippen LogP contribution in [0.25, 0.3) is 5.57 Å². The van der Waals surface area contributed by atoms with E-state index in [0.717, 1.165) is 28.2 Å². The Morgan fingerprint density at radius 3 is 2.45 bits per heavy atom. The fourth-order valence-electron chi connectivity index (χ4n) is 5.03. The summed E-state index contributed by atoms with van der Waals surface area (Å²) in [5.74, 6) is -0.806. The first-order chi connectivity index (χ1) is 18.1. The van der Waals surface area contributed by atoms with E-state index in [1.165, 1.54) is 11.7 Å². The van der Waals surface area contributed by atoms with Crippen LogP contribution in [0.4, 0.5) is 5.69 Å². The predicted octanol–water partition coefficient (Wildman–Crippen LogP) is 3.61. The summed E-state index contributed by atoms with van der Waals surface area (Å²) in [5.41, 5.74) is 4.01. The van der Waals surface area contributed by atoms with Crippen molar-refractivity contribution >= 4 is 34.5 Å². The van der Waals surface area contributed by atoms with E-state index in [4.69, 9.17) is 4.74 Å². The molecule has 194 valence electrons. The minimum absolute atomic E-state index is 0.0565. The van der Waals surface area contributed by atoms with E-state index in [2.05, 4.69) is 32.3 Å². The number of nitrogens with zero attached hydrogens (tertiary/aromatic N) is 3. The lowest BCUT2D eigenvalue weighted by molar-refractivity contribution is -0.136. The molecule has 0 saturated carbocycles. The molecule has 0 radical (unpaired) electrons. The van der Waals surface area contributed by atoms with Gasteiger partial charge in [0.15, 0.2) is 4.80 Å². The van der Waals surface area contributed by atoms with Crippen LogP contribution in [0.15, 0.2) is 82.2 Å². The molecule has 0 saturated heterocycles. The molecule has 1 aromatic heterocycles. The summed E-state index contributed by atoms with van der Waals surface area (Å²) in [5, 5.41) is 0. The zero-order chi connectivity index (χ0) is 27.4. The average molecular weight is 528 g/mol. The van der Waals surface area contributed by atoms with Gasteiger partial charge in [-0.15, -0.1) is 6.58 Å². The number of hydrogen-bond acceptors (Lipinski definition) is 6. The van der Waals surface area contributed by atoms with Gasteiger partial charge in [0.1, 0.15) is 4.53 Å². The highest BCUT2D eigenvalue weighted by Gasteiger charge is 2.37. The first-order valence-corrected chi connectivity index (χ1v) is 13.2. The van der Waals surface area contributed by atoms with Crippen molar-refractivity contribution in [1.29, 1.82) is 0 Å². The Morgan fingerprint density at radius 2 is 1.82 bits per heavy atom. The van der Waals surface area contributed by atoms with Crippen LogP contribution in [0.1, 0.15) is 50.4 Å². The van der Waals surface area contributed by atoms with Crippen LogP contribution >= 0.6 is 11.3 Å². The standard InChI is InChI=1S/C30H29N3O4S/c1-7-16-32-21-11-9-8-10-20(21)23(26(32)34)25-27(35)33-24(18-12-14-19(15-13-18)30(3,4)5)22(28(36)37-6)17(2)31-29(33)38-25/h7-15,24H,1,16H2,2-6H3/b25-23-. The molecule has 8 heteroatoms. The molecule has 0 aliphatic carbocycles. The minimum atomic E-state index is -0.738. The molecule has 1 amide bonds. The number of hydrogen-bond donors (Lipinski definition) is 0. The number of carbonyl (C=O) groups excluding carboxylic acids is 2. The molecule has 3 aromatic rings. The molecule has 2 aromatic carbocycles. The van der Waals surface area contributed by atoms with E-state index in [-0.39, 0.29) is 16.9 Å². The Hall–Kier alpha value is -4.04. The zero-order valence-electron chi connectivity index (χ0n) is 22.1. The predicted molar refractivity (Wildman–Crippen MR) is 149 cm³/mol. The van der Waals surface area contributed by atoms with E-state index < -0.39 is 12.0 Å². The van der Waals surface area contributed by atoms with E-state index in [1.807, 2.05) is 48.5 Å². The summed E-state index contributed by atoms with van der Waals surface area (Å²) in [6, 6.07) is 14.6. The topological polar surface area (TPSA) is 81.0 Å². The Bertz CT molecular complexity index is 1700. The lowest BCUT2D eigenvalue weighted by Gasteiger charge is -2.25. The van der Waals surface area contributed by atoms with Gasteiger partial charge in [-0.3, -0.25) is 14.2 Å². The number of benzene rings is 2. The number of allylic oxidation sites excluding steroid dienone is 1. The second kappa shape index (κ2) is 9.36. The number of para-hydroxylation sites is 1. The van der Waals surface area contributed by atoms with Gasteiger partial charge >= 0.3 is 5.97 Å². The number of thiazole rings is 1. The van der Waals surface area contributed by atoms with Crippen molar-refractivity contribution < 1.29 is 14.3 Å². The summed E-state index contributed by atoms with van der Waals surface area (Å²) >= 11 is 1.16. The number of methoxy groups -OCH3 is 1. The maximum atomic E-state index is 14.1. The van der Waals surface area contributed by atoms with Gasteiger partial charge in [-0.2, -0.15) is 0 Å². The van der Waals surface area contributed by atoms with Gasteiger partial charge in [0.25, 0.3) is 11.5 Å². The quantitative estimate of drug-likeness (QED) is 0.384. The van der Waals surface area contributed by atoms with Gasteiger partial charge in [0.2, 0.25) is 0 Å². The normalized spacial score (nSPS) is 18.2. The van der Waals surface area contributed by atoms with Gasteiger partial charge in [0, 0.05) is 12.1 Å².